The number of aliphatic hydroxyl groups is 1. The molecule has 7 heteroatoms. The third kappa shape index (κ3) is 5.95. The van der Waals surface area contributed by atoms with Gasteiger partial charge in [0.25, 0.3) is 0 Å². The minimum Gasteiger partial charge on any atom is -0.497 e. The number of hydrogen-bond acceptors (Lipinski definition) is 5. The predicted molar refractivity (Wildman–Crippen MR) is 134 cm³/mol. The van der Waals surface area contributed by atoms with Crippen LogP contribution >= 0.6 is 0 Å². The SMILES string of the molecule is COc1ccc2ncc(CF)c(C(O)CCC3(C(=O)O)CCN(CCC4CCCCC4)CC3)c2c1. The molecule has 2 heterocycles. The number of aliphatic carboxylic acids is 1. The van der Waals surface area contributed by atoms with Crippen LogP contribution in [0.2, 0.25) is 0 Å². The van der Waals surface area contributed by atoms with Crippen LogP contribution < -0.4 is 4.74 Å². The molecule has 192 valence electrons. The van der Waals surface area contributed by atoms with E-state index in [4.69, 9.17) is 4.74 Å². The fourth-order valence-electron chi connectivity index (χ4n) is 6.03. The maximum absolute atomic E-state index is 13.8. The van der Waals surface area contributed by atoms with Gasteiger partial charge in [0.1, 0.15) is 12.4 Å². The molecular weight excluding hydrogens is 447 g/mol. The van der Waals surface area contributed by atoms with E-state index in [1.54, 1.807) is 25.3 Å². The Hall–Kier alpha value is -2.25. The van der Waals surface area contributed by atoms with Crippen LogP contribution in [0.1, 0.15) is 81.4 Å². The second-order valence-corrected chi connectivity index (χ2v) is 10.5. The van der Waals surface area contributed by atoms with Crippen molar-refractivity contribution in [3.8, 4) is 5.75 Å². The molecule has 4 rings (SSSR count). The summed E-state index contributed by atoms with van der Waals surface area (Å²) >= 11 is 0. The summed E-state index contributed by atoms with van der Waals surface area (Å²) in [6.45, 7) is 1.86. The molecule has 1 atom stereocenters. The monoisotopic (exact) mass is 486 g/mol. The number of aliphatic hydroxyl groups excluding tert-OH is 1. The molecule has 1 aromatic heterocycles. The lowest BCUT2D eigenvalue weighted by Crippen LogP contribution is -2.45. The fraction of sp³-hybridized carbons (Fsp3) is 0.643. The molecule has 6 nitrogen and oxygen atoms in total. The normalized spacial score (nSPS) is 20.1. The van der Waals surface area contributed by atoms with E-state index in [2.05, 4.69) is 9.88 Å². The van der Waals surface area contributed by atoms with Crippen LogP contribution in [0.15, 0.2) is 24.4 Å². The number of hydrogen-bond donors (Lipinski definition) is 2. The topological polar surface area (TPSA) is 82.9 Å². The number of rotatable bonds is 10. The number of carbonyl (C=O) groups is 1. The van der Waals surface area contributed by atoms with E-state index >= 15 is 0 Å². The molecule has 1 saturated heterocycles. The fourth-order valence-corrected chi connectivity index (χ4v) is 6.03. The Bertz CT molecular complexity index is 995. The highest BCUT2D eigenvalue weighted by Crippen LogP contribution is 2.41. The van der Waals surface area contributed by atoms with E-state index in [1.807, 2.05) is 0 Å². The number of aromatic nitrogens is 1. The van der Waals surface area contributed by atoms with Crippen molar-refractivity contribution < 1.29 is 24.1 Å². The Morgan fingerprint density at radius 1 is 1.26 bits per heavy atom. The van der Waals surface area contributed by atoms with Gasteiger partial charge in [0, 0.05) is 17.1 Å². The first-order valence-corrected chi connectivity index (χ1v) is 13.1. The van der Waals surface area contributed by atoms with Crippen molar-refractivity contribution in [3.05, 3.63) is 35.5 Å². The zero-order valence-electron chi connectivity index (χ0n) is 20.8. The second-order valence-electron chi connectivity index (χ2n) is 10.5. The third-order valence-corrected chi connectivity index (χ3v) is 8.42. The summed E-state index contributed by atoms with van der Waals surface area (Å²) in [6.07, 6.45) is 10.2. The van der Waals surface area contributed by atoms with Gasteiger partial charge in [-0.05, 0) is 81.4 Å². The maximum atomic E-state index is 13.8. The molecule has 2 N–H and O–H groups in total. The smallest absolute Gasteiger partial charge is 0.309 e. The van der Waals surface area contributed by atoms with Gasteiger partial charge in [0.15, 0.2) is 0 Å². The standard InChI is InChI=1S/C28H39FN2O4/c1-35-22-7-8-24-23(17-22)26(21(18-29)19-30-24)25(32)9-11-28(27(33)34)12-15-31(16-13-28)14-10-20-5-3-2-4-6-20/h7-8,17,19-20,25,32H,2-6,9-16,18H2,1H3,(H,33,34). The van der Waals surface area contributed by atoms with Gasteiger partial charge < -0.3 is 19.8 Å². The summed E-state index contributed by atoms with van der Waals surface area (Å²) in [6, 6.07) is 5.33. The van der Waals surface area contributed by atoms with Gasteiger partial charge in [-0.15, -0.1) is 0 Å². The Morgan fingerprint density at radius 3 is 2.66 bits per heavy atom. The quantitative estimate of drug-likeness (QED) is 0.451. The first-order chi connectivity index (χ1) is 17.0. The van der Waals surface area contributed by atoms with Gasteiger partial charge in [0.05, 0.1) is 24.1 Å². The second kappa shape index (κ2) is 11.7. The van der Waals surface area contributed by atoms with Gasteiger partial charge in [-0.2, -0.15) is 0 Å². The number of carboxylic acids is 1. The van der Waals surface area contributed by atoms with Crippen molar-refractivity contribution >= 4 is 16.9 Å². The lowest BCUT2D eigenvalue weighted by molar-refractivity contribution is -0.153. The summed E-state index contributed by atoms with van der Waals surface area (Å²) in [5, 5.41) is 22.0. The van der Waals surface area contributed by atoms with Crippen molar-refractivity contribution in [1.29, 1.82) is 0 Å². The predicted octanol–water partition coefficient (Wildman–Crippen LogP) is 5.66. The van der Waals surface area contributed by atoms with E-state index < -0.39 is 24.2 Å². The summed E-state index contributed by atoms with van der Waals surface area (Å²) in [7, 11) is 1.56. The van der Waals surface area contributed by atoms with E-state index in [1.165, 1.54) is 44.7 Å². The van der Waals surface area contributed by atoms with Gasteiger partial charge in [-0.25, -0.2) is 4.39 Å². The molecule has 1 unspecified atom stereocenters. The minimum atomic E-state index is -0.973. The molecule has 2 fully saturated rings. The van der Waals surface area contributed by atoms with Crippen LogP contribution in [0.5, 0.6) is 5.75 Å². The van der Waals surface area contributed by atoms with E-state index in [0.29, 0.717) is 47.0 Å². The number of carboxylic acid groups (broad SMARTS) is 1. The molecule has 1 saturated carbocycles. The Morgan fingerprint density at radius 2 is 2.00 bits per heavy atom. The maximum Gasteiger partial charge on any atom is 0.309 e. The first-order valence-electron chi connectivity index (χ1n) is 13.1. The van der Waals surface area contributed by atoms with Crippen LogP contribution in [0, 0.1) is 11.3 Å². The van der Waals surface area contributed by atoms with Crippen molar-refractivity contribution in [2.24, 2.45) is 11.3 Å². The molecule has 2 aliphatic rings. The van der Waals surface area contributed by atoms with E-state index in [0.717, 1.165) is 25.6 Å². The number of halogens is 1. The summed E-state index contributed by atoms with van der Waals surface area (Å²) < 4.78 is 19.1. The Kier molecular flexibility index (Phi) is 8.60. The van der Waals surface area contributed by atoms with Crippen molar-refractivity contribution in [2.45, 2.75) is 77.0 Å². The van der Waals surface area contributed by atoms with Crippen LogP contribution in [0.4, 0.5) is 4.39 Å². The molecule has 1 aliphatic carbocycles. The van der Waals surface area contributed by atoms with Crippen LogP contribution in [0.3, 0.4) is 0 Å². The molecule has 35 heavy (non-hydrogen) atoms. The molecule has 1 aromatic carbocycles. The number of fused-ring (bicyclic) bond motifs is 1. The number of nitrogens with zero attached hydrogens (tertiary/aromatic N) is 2. The largest absolute Gasteiger partial charge is 0.497 e. The van der Waals surface area contributed by atoms with Gasteiger partial charge in [-0.1, -0.05) is 32.1 Å². The van der Waals surface area contributed by atoms with Crippen LogP contribution in [-0.2, 0) is 11.5 Å². The van der Waals surface area contributed by atoms with E-state index in [9.17, 15) is 19.4 Å². The summed E-state index contributed by atoms with van der Waals surface area (Å²) in [5.41, 5.74) is 0.622. The van der Waals surface area contributed by atoms with Crippen molar-refractivity contribution in [1.82, 2.24) is 9.88 Å². The number of likely N-dealkylation sites (tertiary alicyclic amines) is 1. The number of methoxy groups -OCH3 is 1. The average Bonchev–Trinajstić information content (AvgIpc) is 2.90. The van der Waals surface area contributed by atoms with Crippen molar-refractivity contribution in [3.63, 3.8) is 0 Å². The first kappa shape index (κ1) is 25.8. The highest BCUT2D eigenvalue weighted by Gasteiger charge is 2.41. The van der Waals surface area contributed by atoms with Crippen LogP contribution in [0.25, 0.3) is 10.9 Å². The lowest BCUT2D eigenvalue weighted by Gasteiger charge is -2.40. The number of ether oxygens (including phenoxy) is 1. The summed E-state index contributed by atoms with van der Waals surface area (Å²) in [4.78, 5) is 19.1. The zero-order chi connectivity index (χ0) is 24.8. The molecule has 0 radical (unpaired) electrons. The van der Waals surface area contributed by atoms with Gasteiger partial charge >= 0.3 is 5.97 Å². The van der Waals surface area contributed by atoms with Crippen LogP contribution in [-0.4, -0.2) is 52.8 Å². The van der Waals surface area contributed by atoms with Gasteiger partial charge in [0.2, 0.25) is 0 Å². The zero-order valence-corrected chi connectivity index (χ0v) is 20.8. The highest BCUT2D eigenvalue weighted by molar-refractivity contribution is 5.85. The summed E-state index contributed by atoms with van der Waals surface area (Å²) in [5.74, 6) is 0.638. The van der Waals surface area contributed by atoms with Gasteiger partial charge in [-0.3, -0.25) is 9.78 Å². The molecule has 2 aromatic rings. The number of piperidine rings is 1. The Labute approximate surface area is 207 Å². The number of benzene rings is 1. The lowest BCUT2D eigenvalue weighted by atomic mass is 9.73. The van der Waals surface area contributed by atoms with Crippen molar-refractivity contribution in [2.75, 3.05) is 26.7 Å². The number of alkyl halides is 1. The Balaban J connectivity index is 1.42. The molecule has 0 spiro atoms. The molecular formula is C28H39FN2O4. The average molecular weight is 487 g/mol. The third-order valence-electron chi connectivity index (χ3n) is 8.42. The molecule has 0 bridgehead atoms. The minimum absolute atomic E-state index is 0.262. The number of pyridine rings is 1. The molecule has 1 aliphatic heterocycles. The molecule has 0 amide bonds. The van der Waals surface area contributed by atoms with E-state index in [-0.39, 0.29) is 6.42 Å². The highest BCUT2D eigenvalue weighted by atomic mass is 19.1.